The lowest BCUT2D eigenvalue weighted by atomic mass is 10.0. The molecule has 0 aliphatic rings. The van der Waals surface area contributed by atoms with E-state index in [1.165, 1.54) is 5.56 Å². The molecule has 21 heavy (non-hydrogen) atoms. The highest BCUT2D eigenvalue weighted by molar-refractivity contribution is 9.10. The molecule has 2 nitrogen and oxygen atoms in total. The van der Waals surface area contributed by atoms with Gasteiger partial charge in [-0.25, -0.2) is 0 Å². The van der Waals surface area contributed by atoms with E-state index in [9.17, 15) is 4.79 Å². The highest BCUT2D eigenvalue weighted by Gasteiger charge is 2.09. The molecule has 0 unspecified atom stereocenters. The zero-order chi connectivity index (χ0) is 15.4. The van der Waals surface area contributed by atoms with Gasteiger partial charge in [0, 0.05) is 5.56 Å². The van der Waals surface area contributed by atoms with E-state index in [0.717, 1.165) is 10.0 Å². The van der Waals surface area contributed by atoms with Crippen LogP contribution < -0.4 is 4.74 Å². The van der Waals surface area contributed by atoms with Gasteiger partial charge in [-0.05, 0) is 52.0 Å². The average Bonchev–Trinajstić information content (AvgIpc) is 2.46. The van der Waals surface area contributed by atoms with Crippen LogP contribution in [0, 0.1) is 6.92 Å². The first-order valence-corrected chi connectivity index (χ1v) is 7.79. The summed E-state index contributed by atoms with van der Waals surface area (Å²) in [7, 11) is 0. The van der Waals surface area contributed by atoms with E-state index >= 15 is 0 Å². The summed E-state index contributed by atoms with van der Waals surface area (Å²) >= 11 is 3.44. The van der Waals surface area contributed by atoms with E-state index in [0.29, 0.717) is 17.2 Å². The van der Waals surface area contributed by atoms with E-state index in [1.807, 2.05) is 49.4 Å². The number of aryl methyl sites for hydroxylation is 1. The van der Waals surface area contributed by atoms with Gasteiger partial charge in [-0.1, -0.05) is 44.2 Å². The fourth-order valence-corrected chi connectivity index (χ4v) is 2.61. The second-order valence-electron chi connectivity index (χ2n) is 5.42. The Kier molecular flexibility index (Phi) is 5.18. The minimum atomic E-state index is -0.0159. The minimum Gasteiger partial charge on any atom is -0.484 e. The van der Waals surface area contributed by atoms with E-state index < -0.39 is 0 Å². The second kappa shape index (κ2) is 6.90. The van der Waals surface area contributed by atoms with Crippen LogP contribution in [-0.4, -0.2) is 12.4 Å². The SMILES string of the molecule is Cc1ccc(OCC(=O)c2ccc(C(C)C)cc2)c(Br)c1. The molecule has 110 valence electrons. The van der Waals surface area contributed by atoms with Crippen LogP contribution in [0.25, 0.3) is 0 Å². The van der Waals surface area contributed by atoms with Crippen molar-refractivity contribution in [2.75, 3.05) is 6.61 Å². The van der Waals surface area contributed by atoms with Crippen molar-refractivity contribution in [3.63, 3.8) is 0 Å². The van der Waals surface area contributed by atoms with Crippen molar-refractivity contribution in [1.29, 1.82) is 0 Å². The molecule has 0 bridgehead atoms. The number of benzene rings is 2. The third-order valence-corrected chi connectivity index (χ3v) is 3.97. The van der Waals surface area contributed by atoms with Crippen LogP contribution in [-0.2, 0) is 0 Å². The molecule has 3 heteroatoms. The van der Waals surface area contributed by atoms with Crippen LogP contribution in [0.5, 0.6) is 5.75 Å². The lowest BCUT2D eigenvalue weighted by molar-refractivity contribution is 0.0921. The Morgan fingerprint density at radius 3 is 2.38 bits per heavy atom. The number of hydrogen-bond donors (Lipinski definition) is 0. The minimum absolute atomic E-state index is 0.0159. The lowest BCUT2D eigenvalue weighted by Crippen LogP contribution is -2.12. The third-order valence-electron chi connectivity index (χ3n) is 3.35. The first-order chi connectivity index (χ1) is 9.97. The Balaban J connectivity index is 2.01. The normalized spacial score (nSPS) is 10.7. The van der Waals surface area contributed by atoms with Gasteiger partial charge in [0.1, 0.15) is 5.75 Å². The number of carbonyl (C=O) groups excluding carboxylic acids is 1. The molecule has 0 N–H and O–H groups in total. The summed E-state index contributed by atoms with van der Waals surface area (Å²) in [5, 5.41) is 0. The first-order valence-electron chi connectivity index (χ1n) is 6.99. The molecular formula is C18H19BrO2. The summed E-state index contributed by atoms with van der Waals surface area (Å²) in [6.07, 6.45) is 0. The highest BCUT2D eigenvalue weighted by atomic mass is 79.9. The molecule has 0 aliphatic heterocycles. The summed E-state index contributed by atoms with van der Waals surface area (Å²) in [5.41, 5.74) is 3.06. The van der Waals surface area contributed by atoms with Crippen molar-refractivity contribution in [3.05, 3.63) is 63.6 Å². The van der Waals surface area contributed by atoms with Gasteiger partial charge >= 0.3 is 0 Å². The fourth-order valence-electron chi connectivity index (χ4n) is 2.00. The summed E-state index contributed by atoms with van der Waals surface area (Å²) in [4.78, 5) is 12.1. The van der Waals surface area contributed by atoms with Crippen molar-refractivity contribution >= 4 is 21.7 Å². The number of hydrogen-bond acceptors (Lipinski definition) is 2. The van der Waals surface area contributed by atoms with Crippen molar-refractivity contribution in [1.82, 2.24) is 0 Å². The van der Waals surface area contributed by atoms with Crippen LogP contribution in [0.1, 0.15) is 41.3 Å². The van der Waals surface area contributed by atoms with Crippen molar-refractivity contribution in [2.45, 2.75) is 26.7 Å². The van der Waals surface area contributed by atoms with E-state index in [4.69, 9.17) is 4.74 Å². The molecule has 0 radical (unpaired) electrons. The van der Waals surface area contributed by atoms with Crippen LogP contribution in [0.2, 0.25) is 0 Å². The maximum absolute atomic E-state index is 12.1. The molecule has 0 fully saturated rings. The number of halogens is 1. The molecule has 0 aromatic heterocycles. The average molecular weight is 347 g/mol. The number of rotatable bonds is 5. The molecule has 0 heterocycles. The van der Waals surface area contributed by atoms with Gasteiger partial charge in [0.15, 0.2) is 12.4 Å². The molecule has 0 amide bonds. The van der Waals surface area contributed by atoms with E-state index in [2.05, 4.69) is 29.8 Å². The van der Waals surface area contributed by atoms with E-state index in [1.54, 1.807) is 0 Å². The van der Waals surface area contributed by atoms with Crippen molar-refractivity contribution in [2.24, 2.45) is 0 Å². The van der Waals surface area contributed by atoms with Crippen LogP contribution in [0.15, 0.2) is 46.9 Å². The van der Waals surface area contributed by atoms with Gasteiger partial charge in [-0.3, -0.25) is 4.79 Å². The molecule has 2 aromatic rings. The monoisotopic (exact) mass is 346 g/mol. The van der Waals surface area contributed by atoms with Gasteiger partial charge in [0.2, 0.25) is 0 Å². The number of ether oxygens (including phenoxy) is 1. The van der Waals surface area contributed by atoms with Crippen molar-refractivity contribution < 1.29 is 9.53 Å². The Hall–Kier alpha value is -1.61. The highest BCUT2D eigenvalue weighted by Crippen LogP contribution is 2.25. The number of carbonyl (C=O) groups is 1. The number of Topliss-reactive ketones (excluding diaryl/α,β-unsaturated/α-hetero) is 1. The Bertz CT molecular complexity index is 630. The van der Waals surface area contributed by atoms with Crippen LogP contribution in [0.4, 0.5) is 0 Å². The fraction of sp³-hybridized carbons (Fsp3) is 0.278. The van der Waals surface area contributed by atoms with Gasteiger partial charge < -0.3 is 4.74 Å². The molecule has 0 aliphatic carbocycles. The maximum atomic E-state index is 12.1. The molecular weight excluding hydrogens is 328 g/mol. The zero-order valence-corrected chi connectivity index (χ0v) is 14.1. The number of ketones is 1. The van der Waals surface area contributed by atoms with Gasteiger partial charge in [-0.2, -0.15) is 0 Å². The summed E-state index contributed by atoms with van der Waals surface area (Å²) < 4.78 is 6.46. The third kappa shape index (κ3) is 4.18. The summed E-state index contributed by atoms with van der Waals surface area (Å²) in [5.74, 6) is 1.14. The Labute approximate surface area is 134 Å². The maximum Gasteiger partial charge on any atom is 0.200 e. The summed E-state index contributed by atoms with van der Waals surface area (Å²) in [6.45, 7) is 6.32. The second-order valence-corrected chi connectivity index (χ2v) is 6.28. The lowest BCUT2D eigenvalue weighted by Gasteiger charge is -2.09. The predicted molar refractivity (Wildman–Crippen MR) is 89.2 cm³/mol. The van der Waals surface area contributed by atoms with Crippen LogP contribution >= 0.6 is 15.9 Å². The van der Waals surface area contributed by atoms with Gasteiger partial charge in [-0.15, -0.1) is 0 Å². The standard InChI is InChI=1S/C18H19BrO2/c1-12(2)14-5-7-15(8-6-14)17(20)11-21-18-9-4-13(3)10-16(18)19/h4-10,12H,11H2,1-3H3. The van der Waals surface area contributed by atoms with Gasteiger partial charge in [0.05, 0.1) is 4.47 Å². The summed E-state index contributed by atoms with van der Waals surface area (Å²) in [6, 6.07) is 13.5. The first kappa shape index (κ1) is 15.8. The molecule has 2 rings (SSSR count). The molecule has 0 saturated carbocycles. The molecule has 0 spiro atoms. The van der Waals surface area contributed by atoms with Crippen molar-refractivity contribution in [3.8, 4) is 5.75 Å². The molecule has 2 aromatic carbocycles. The van der Waals surface area contributed by atoms with E-state index in [-0.39, 0.29) is 12.4 Å². The topological polar surface area (TPSA) is 26.3 Å². The Morgan fingerprint density at radius 2 is 1.81 bits per heavy atom. The smallest absolute Gasteiger partial charge is 0.200 e. The largest absolute Gasteiger partial charge is 0.484 e. The predicted octanol–water partition coefficient (Wildman–Crippen LogP) is 5.14. The van der Waals surface area contributed by atoms with Gasteiger partial charge in [0.25, 0.3) is 0 Å². The Morgan fingerprint density at radius 1 is 1.14 bits per heavy atom. The van der Waals surface area contributed by atoms with Crippen LogP contribution in [0.3, 0.4) is 0 Å². The molecule has 0 atom stereocenters. The quantitative estimate of drug-likeness (QED) is 0.700. The molecule has 0 saturated heterocycles. The zero-order valence-electron chi connectivity index (χ0n) is 12.5.